The van der Waals surface area contributed by atoms with Gasteiger partial charge in [-0.05, 0) is 55.2 Å². The first kappa shape index (κ1) is 26.3. The smallest absolute Gasteiger partial charge is 0.309 e. The number of rotatable bonds is 6. The van der Waals surface area contributed by atoms with Gasteiger partial charge in [0.1, 0.15) is 6.10 Å². The first-order valence-corrected chi connectivity index (χ1v) is 12.9. The van der Waals surface area contributed by atoms with Crippen LogP contribution in [0.4, 0.5) is 0 Å². The van der Waals surface area contributed by atoms with Crippen LogP contribution in [0.5, 0.6) is 0 Å². The average Bonchev–Trinajstić information content (AvgIpc) is 2.98. The van der Waals surface area contributed by atoms with Crippen molar-refractivity contribution in [1.29, 1.82) is 0 Å². The molecule has 1 N–H and O–H groups in total. The van der Waals surface area contributed by atoms with E-state index in [1.807, 2.05) is 121 Å². The number of hydrogen-bond acceptors (Lipinski definition) is 4. The standard InChI is InChI=1S/C20H23NO2.C13H12O/c1-21-14-12-18(13-15-21)20(22)23-19(16-8-4-2-5-9-16)17-10-6-3-7-11-17;14-13(11-7-3-1-4-8-11)12-9-5-2-6-10-12/h2-11,18-19H,12-15H2,1H3;1-10,13-14H. The van der Waals surface area contributed by atoms with E-state index in [2.05, 4.69) is 11.9 Å². The maximum Gasteiger partial charge on any atom is 0.309 e. The van der Waals surface area contributed by atoms with Crippen LogP contribution in [0.3, 0.4) is 0 Å². The van der Waals surface area contributed by atoms with Gasteiger partial charge in [0.05, 0.1) is 5.92 Å². The first-order chi connectivity index (χ1) is 18.1. The normalized spacial score (nSPS) is 14.2. The number of nitrogens with zero attached hydrogens (tertiary/aromatic N) is 1. The van der Waals surface area contributed by atoms with Gasteiger partial charge in [-0.25, -0.2) is 0 Å². The van der Waals surface area contributed by atoms with Gasteiger partial charge in [0.2, 0.25) is 0 Å². The molecular formula is C33H35NO3. The largest absolute Gasteiger partial charge is 0.452 e. The zero-order valence-corrected chi connectivity index (χ0v) is 21.3. The third kappa shape index (κ3) is 7.63. The molecule has 4 aromatic carbocycles. The molecule has 5 rings (SSSR count). The molecule has 37 heavy (non-hydrogen) atoms. The van der Waals surface area contributed by atoms with Crippen LogP contribution in [0.25, 0.3) is 0 Å². The van der Waals surface area contributed by atoms with Gasteiger partial charge < -0.3 is 14.7 Å². The van der Waals surface area contributed by atoms with Crippen LogP contribution in [-0.2, 0) is 9.53 Å². The van der Waals surface area contributed by atoms with Gasteiger partial charge in [-0.1, -0.05) is 121 Å². The Morgan fingerprint density at radius 2 is 1.03 bits per heavy atom. The molecule has 1 fully saturated rings. The third-order valence-corrected chi connectivity index (χ3v) is 6.72. The van der Waals surface area contributed by atoms with E-state index in [9.17, 15) is 9.90 Å². The van der Waals surface area contributed by atoms with Crippen LogP contribution in [0.2, 0.25) is 0 Å². The van der Waals surface area contributed by atoms with Crippen molar-refractivity contribution in [3.63, 3.8) is 0 Å². The molecule has 190 valence electrons. The molecule has 0 atom stereocenters. The monoisotopic (exact) mass is 493 g/mol. The van der Waals surface area contributed by atoms with Crippen molar-refractivity contribution in [2.75, 3.05) is 20.1 Å². The number of ether oxygens (including phenoxy) is 1. The lowest BCUT2D eigenvalue weighted by Crippen LogP contribution is -2.34. The summed E-state index contributed by atoms with van der Waals surface area (Å²) >= 11 is 0. The second-order valence-corrected chi connectivity index (χ2v) is 9.44. The molecule has 0 aromatic heterocycles. The fourth-order valence-electron chi connectivity index (χ4n) is 4.50. The minimum absolute atomic E-state index is 0.0149. The highest BCUT2D eigenvalue weighted by atomic mass is 16.5. The topological polar surface area (TPSA) is 49.8 Å². The van der Waals surface area contributed by atoms with Crippen molar-refractivity contribution in [2.24, 2.45) is 5.92 Å². The molecule has 0 unspecified atom stereocenters. The summed E-state index contributed by atoms with van der Waals surface area (Å²) < 4.78 is 5.94. The predicted molar refractivity (Wildman–Crippen MR) is 148 cm³/mol. The summed E-state index contributed by atoms with van der Waals surface area (Å²) in [6.45, 7) is 1.92. The molecular weight excluding hydrogens is 458 g/mol. The third-order valence-electron chi connectivity index (χ3n) is 6.72. The maximum atomic E-state index is 12.6. The van der Waals surface area contributed by atoms with E-state index in [1.54, 1.807) is 0 Å². The molecule has 0 radical (unpaired) electrons. The zero-order chi connectivity index (χ0) is 25.9. The SMILES string of the molecule is CN1CCC(C(=O)OC(c2ccccc2)c2ccccc2)CC1.OC(c1ccccc1)c1ccccc1. The number of carbonyl (C=O) groups is 1. The van der Waals surface area contributed by atoms with Gasteiger partial charge in [0.15, 0.2) is 6.10 Å². The molecule has 4 nitrogen and oxygen atoms in total. The molecule has 1 saturated heterocycles. The Hall–Kier alpha value is -3.73. The number of carbonyl (C=O) groups excluding carboxylic acids is 1. The van der Waals surface area contributed by atoms with E-state index < -0.39 is 6.10 Å². The molecule has 0 aliphatic carbocycles. The van der Waals surface area contributed by atoms with E-state index in [1.165, 1.54) is 0 Å². The number of likely N-dealkylation sites (tertiary alicyclic amines) is 1. The lowest BCUT2D eigenvalue weighted by molar-refractivity contribution is -0.154. The molecule has 1 aliphatic heterocycles. The van der Waals surface area contributed by atoms with Gasteiger partial charge in [0.25, 0.3) is 0 Å². The van der Waals surface area contributed by atoms with Crippen LogP contribution in [0.1, 0.15) is 47.3 Å². The van der Waals surface area contributed by atoms with E-state index in [-0.39, 0.29) is 18.0 Å². The Morgan fingerprint density at radius 1 is 0.676 bits per heavy atom. The summed E-state index contributed by atoms with van der Waals surface area (Å²) in [5.41, 5.74) is 3.89. The highest BCUT2D eigenvalue weighted by Gasteiger charge is 2.28. The van der Waals surface area contributed by atoms with Crippen LogP contribution in [-0.4, -0.2) is 36.1 Å². The molecule has 0 bridgehead atoms. The number of aliphatic hydroxyl groups is 1. The van der Waals surface area contributed by atoms with Gasteiger partial charge in [0, 0.05) is 0 Å². The van der Waals surface area contributed by atoms with Crippen LogP contribution >= 0.6 is 0 Å². The second-order valence-electron chi connectivity index (χ2n) is 9.44. The molecule has 1 aliphatic rings. The molecule has 4 aromatic rings. The Morgan fingerprint density at radius 3 is 1.41 bits per heavy atom. The molecule has 0 amide bonds. The minimum atomic E-state index is -0.516. The fourth-order valence-corrected chi connectivity index (χ4v) is 4.50. The van der Waals surface area contributed by atoms with Crippen LogP contribution < -0.4 is 0 Å². The van der Waals surface area contributed by atoms with Crippen molar-refractivity contribution in [1.82, 2.24) is 4.90 Å². The molecule has 1 heterocycles. The Bertz CT molecular complexity index is 1110. The number of benzene rings is 4. The molecule has 0 saturated carbocycles. The number of esters is 1. The van der Waals surface area contributed by atoms with Crippen molar-refractivity contribution >= 4 is 5.97 Å². The quantitative estimate of drug-likeness (QED) is 0.315. The van der Waals surface area contributed by atoms with E-state index in [0.29, 0.717) is 0 Å². The number of piperidine rings is 1. The highest BCUT2D eigenvalue weighted by molar-refractivity contribution is 5.73. The second kappa shape index (κ2) is 13.5. The van der Waals surface area contributed by atoms with Crippen molar-refractivity contribution in [3.05, 3.63) is 144 Å². The van der Waals surface area contributed by atoms with E-state index >= 15 is 0 Å². The van der Waals surface area contributed by atoms with Gasteiger partial charge in [-0.15, -0.1) is 0 Å². The van der Waals surface area contributed by atoms with Gasteiger partial charge in [-0.3, -0.25) is 4.79 Å². The molecule has 0 spiro atoms. The highest BCUT2D eigenvalue weighted by Crippen LogP contribution is 2.29. The van der Waals surface area contributed by atoms with Crippen molar-refractivity contribution in [3.8, 4) is 0 Å². The Labute approximate surface area is 220 Å². The maximum absolute atomic E-state index is 12.6. The summed E-state index contributed by atoms with van der Waals surface area (Å²) in [7, 11) is 2.10. The summed E-state index contributed by atoms with van der Waals surface area (Å²) in [5.74, 6) is -0.0584. The Kier molecular flexibility index (Phi) is 9.64. The number of aliphatic hydroxyl groups excluding tert-OH is 1. The van der Waals surface area contributed by atoms with Crippen LogP contribution in [0.15, 0.2) is 121 Å². The van der Waals surface area contributed by atoms with Gasteiger partial charge in [-0.2, -0.15) is 0 Å². The Balaban J connectivity index is 0.000000195. The first-order valence-electron chi connectivity index (χ1n) is 12.9. The van der Waals surface area contributed by atoms with E-state index in [4.69, 9.17) is 4.74 Å². The van der Waals surface area contributed by atoms with E-state index in [0.717, 1.165) is 48.2 Å². The summed E-state index contributed by atoms with van der Waals surface area (Å²) in [6.07, 6.45) is 0.916. The average molecular weight is 494 g/mol. The number of hydrogen-bond donors (Lipinski definition) is 1. The predicted octanol–water partition coefficient (Wildman–Crippen LogP) is 6.43. The van der Waals surface area contributed by atoms with Gasteiger partial charge >= 0.3 is 5.97 Å². The van der Waals surface area contributed by atoms with Crippen molar-refractivity contribution in [2.45, 2.75) is 25.0 Å². The zero-order valence-electron chi connectivity index (χ0n) is 21.3. The van der Waals surface area contributed by atoms with Crippen LogP contribution in [0, 0.1) is 5.92 Å². The summed E-state index contributed by atoms with van der Waals surface area (Å²) in [5, 5.41) is 9.99. The molecule has 4 heteroatoms. The lowest BCUT2D eigenvalue weighted by atomic mass is 9.96. The summed E-state index contributed by atoms with van der Waals surface area (Å²) in [4.78, 5) is 14.9. The summed E-state index contributed by atoms with van der Waals surface area (Å²) in [6, 6.07) is 39.3. The minimum Gasteiger partial charge on any atom is -0.452 e. The van der Waals surface area contributed by atoms with Crippen molar-refractivity contribution < 1.29 is 14.6 Å². The lowest BCUT2D eigenvalue weighted by Gasteiger charge is -2.29. The fraction of sp³-hybridized carbons (Fsp3) is 0.242.